The van der Waals surface area contributed by atoms with Gasteiger partial charge in [-0.2, -0.15) is 0 Å². The third kappa shape index (κ3) is 6.68. The molecule has 0 saturated heterocycles. The fourth-order valence-corrected chi connectivity index (χ4v) is 2.47. The van der Waals surface area contributed by atoms with Crippen LogP contribution in [0.15, 0.2) is 36.0 Å². The fraction of sp³-hybridized carbons (Fsp3) is 0.600. The fourth-order valence-electron chi connectivity index (χ4n) is 1.72. The van der Waals surface area contributed by atoms with Crippen molar-refractivity contribution >= 4 is 11.8 Å². The van der Waals surface area contributed by atoms with Crippen LogP contribution in [0.2, 0.25) is 0 Å². The maximum atomic E-state index is 12.6. The van der Waals surface area contributed by atoms with E-state index in [1.165, 1.54) is 18.9 Å². The lowest BCUT2D eigenvalue weighted by Gasteiger charge is -2.21. The van der Waals surface area contributed by atoms with Crippen LogP contribution in [0, 0.1) is 0 Å². The average molecular weight is 305 g/mol. The van der Waals surface area contributed by atoms with Crippen molar-refractivity contribution in [1.82, 2.24) is 0 Å². The van der Waals surface area contributed by atoms with Gasteiger partial charge in [0, 0.05) is 18.1 Å². The average Bonchev–Trinajstić information content (AvgIpc) is 2.73. The Hall–Kier alpha value is -0.650. The molecule has 1 aliphatic carbocycles. The van der Waals surface area contributed by atoms with Gasteiger partial charge in [0.15, 0.2) is 0 Å². The standard InChI is InChI=1S/C13H19F2NOS.C2H6/c1-17-13(12(16)9-15)10-3-2-4-11(6-5-10)18-8-7-14;1-2/h2-6,11-13H,7-9,16H2,1H3;1-2H3. The molecule has 0 aromatic carbocycles. The Labute approximate surface area is 125 Å². The highest BCUT2D eigenvalue weighted by Crippen LogP contribution is 2.20. The first kappa shape index (κ1) is 19.4. The molecule has 0 aliphatic heterocycles. The van der Waals surface area contributed by atoms with Crippen LogP contribution < -0.4 is 5.73 Å². The van der Waals surface area contributed by atoms with E-state index in [1.807, 2.05) is 44.2 Å². The molecule has 0 saturated carbocycles. The zero-order chi connectivity index (χ0) is 15.4. The zero-order valence-electron chi connectivity index (χ0n) is 12.4. The number of alkyl halides is 2. The minimum Gasteiger partial charge on any atom is -0.375 e. The maximum Gasteiger partial charge on any atom is 0.107 e. The van der Waals surface area contributed by atoms with Crippen LogP contribution in [0.5, 0.6) is 0 Å². The molecule has 0 fully saturated rings. The number of rotatable bonds is 7. The first-order chi connectivity index (χ1) is 9.72. The second kappa shape index (κ2) is 12.1. The highest BCUT2D eigenvalue weighted by molar-refractivity contribution is 8.00. The molecule has 0 aromatic rings. The molecule has 1 aliphatic rings. The maximum absolute atomic E-state index is 12.6. The Morgan fingerprint density at radius 1 is 1.35 bits per heavy atom. The summed E-state index contributed by atoms with van der Waals surface area (Å²) in [5.41, 5.74) is 6.51. The first-order valence-corrected chi connectivity index (χ1v) is 7.86. The molecule has 2 nitrogen and oxygen atoms in total. The van der Waals surface area contributed by atoms with E-state index in [2.05, 4.69) is 0 Å². The molecule has 2 N–H and O–H groups in total. The molecule has 0 amide bonds. The molecule has 116 valence electrons. The molecule has 0 spiro atoms. The summed E-state index contributed by atoms with van der Waals surface area (Å²) in [6, 6.07) is -0.672. The minimum atomic E-state index is -0.672. The Balaban J connectivity index is 0.00000172. The van der Waals surface area contributed by atoms with Gasteiger partial charge < -0.3 is 10.5 Å². The van der Waals surface area contributed by atoms with E-state index < -0.39 is 18.8 Å². The van der Waals surface area contributed by atoms with Gasteiger partial charge in [-0.25, -0.2) is 4.39 Å². The van der Waals surface area contributed by atoms with Crippen LogP contribution in [0.25, 0.3) is 0 Å². The van der Waals surface area contributed by atoms with Crippen molar-refractivity contribution in [3.05, 3.63) is 36.0 Å². The normalized spacial score (nSPS) is 20.5. The van der Waals surface area contributed by atoms with E-state index in [0.717, 1.165) is 5.57 Å². The van der Waals surface area contributed by atoms with Crippen molar-refractivity contribution in [2.45, 2.75) is 31.2 Å². The topological polar surface area (TPSA) is 35.2 Å². The summed E-state index contributed by atoms with van der Waals surface area (Å²) in [6.45, 7) is 3.03. The highest BCUT2D eigenvalue weighted by Gasteiger charge is 2.20. The van der Waals surface area contributed by atoms with E-state index in [-0.39, 0.29) is 11.9 Å². The van der Waals surface area contributed by atoms with Crippen molar-refractivity contribution in [2.75, 3.05) is 26.2 Å². The number of methoxy groups -OCH3 is 1. The zero-order valence-corrected chi connectivity index (χ0v) is 13.2. The molecule has 0 heterocycles. The lowest BCUT2D eigenvalue weighted by atomic mass is 10.0. The second-order valence-electron chi connectivity index (χ2n) is 3.91. The van der Waals surface area contributed by atoms with E-state index in [9.17, 15) is 8.78 Å². The Morgan fingerprint density at radius 3 is 2.60 bits per heavy atom. The van der Waals surface area contributed by atoms with E-state index >= 15 is 0 Å². The highest BCUT2D eigenvalue weighted by atomic mass is 32.2. The van der Waals surface area contributed by atoms with Crippen LogP contribution in [0.3, 0.4) is 0 Å². The van der Waals surface area contributed by atoms with E-state index in [1.54, 1.807) is 0 Å². The molecule has 3 unspecified atom stereocenters. The van der Waals surface area contributed by atoms with Crippen LogP contribution >= 0.6 is 11.8 Å². The van der Waals surface area contributed by atoms with Crippen LogP contribution in [-0.2, 0) is 4.74 Å². The molecule has 0 aromatic heterocycles. The number of ether oxygens (including phenoxy) is 1. The van der Waals surface area contributed by atoms with Crippen molar-refractivity contribution in [3.63, 3.8) is 0 Å². The molecule has 3 atom stereocenters. The predicted molar refractivity (Wildman–Crippen MR) is 84.7 cm³/mol. The molecule has 20 heavy (non-hydrogen) atoms. The van der Waals surface area contributed by atoms with Gasteiger partial charge in [0.05, 0.1) is 18.8 Å². The lowest BCUT2D eigenvalue weighted by Crippen LogP contribution is -2.38. The largest absolute Gasteiger partial charge is 0.375 e. The Kier molecular flexibility index (Phi) is 11.7. The summed E-state index contributed by atoms with van der Waals surface area (Å²) >= 11 is 1.52. The Morgan fingerprint density at radius 2 is 2.05 bits per heavy atom. The number of hydrogen-bond acceptors (Lipinski definition) is 3. The van der Waals surface area contributed by atoms with Crippen molar-refractivity contribution < 1.29 is 13.5 Å². The molecular formula is C15H25F2NOS. The SMILES string of the molecule is CC.COC(C1=CC=CC(SCCF)C=C1)C(N)CF. The summed E-state index contributed by atoms with van der Waals surface area (Å²) in [5.74, 6) is 0.465. The molecule has 0 radical (unpaired) electrons. The summed E-state index contributed by atoms with van der Waals surface area (Å²) in [6.07, 6.45) is 9.07. The minimum absolute atomic E-state index is 0.133. The first-order valence-electron chi connectivity index (χ1n) is 6.81. The van der Waals surface area contributed by atoms with Crippen molar-refractivity contribution in [2.24, 2.45) is 5.73 Å². The third-order valence-electron chi connectivity index (χ3n) is 2.60. The van der Waals surface area contributed by atoms with Crippen molar-refractivity contribution in [3.8, 4) is 0 Å². The number of nitrogens with two attached hydrogens (primary N) is 1. The summed E-state index contributed by atoms with van der Waals surface area (Å²) < 4.78 is 29.9. The summed E-state index contributed by atoms with van der Waals surface area (Å²) in [4.78, 5) is 0. The Bertz CT molecular complexity index is 332. The van der Waals surface area contributed by atoms with Crippen LogP contribution in [0.1, 0.15) is 13.8 Å². The predicted octanol–water partition coefficient (Wildman–Crippen LogP) is 3.45. The number of allylic oxidation sites excluding steroid dienone is 2. The molecular weight excluding hydrogens is 280 g/mol. The van der Waals surface area contributed by atoms with Crippen LogP contribution in [-0.4, -0.2) is 43.6 Å². The number of hydrogen-bond donors (Lipinski definition) is 1. The summed E-state index contributed by atoms with van der Waals surface area (Å²) in [7, 11) is 1.51. The van der Waals surface area contributed by atoms with E-state index in [0.29, 0.717) is 5.75 Å². The number of halogens is 2. The molecule has 5 heteroatoms. The van der Waals surface area contributed by atoms with E-state index in [4.69, 9.17) is 10.5 Å². The monoisotopic (exact) mass is 305 g/mol. The van der Waals surface area contributed by atoms with Crippen LogP contribution in [0.4, 0.5) is 8.78 Å². The van der Waals surface area contributed by atoms with Gasteiger partial charge in [-0.1, -0.05) is 44.2 Å². The van der Waals surface area contributed by atoms with Gasteiger partial charge >= 0.3 is 0 Å². The smallest absolute Gasteiger partial charge is 0.107 e. The van der Waals surface area contributed by atoms with Gasteiger partial charge in [0.1, 0.15) is 6.67 Å². The molecule has 1 rings (SSSR count). The molecule has 0 bridgehead atoms. The number of thioether (sulfide) groups is 1. The second-order valence-corrected chi connectivity index (χ2v) is 5.20. The van der Waals surface area contributed by atoms with Gasteiger partial charge in [-0.3, -0.25) is 4.39 Å². The third-order valence-corrected chi connectivity index (χ3v) is 3.69. The van der Waals surface area contributed by atoms with Gasteiger partial charge in [-0.05, 0) is 5.57 Å². The van der Waals surface area contributed by atoms with Gasteiger partial charge in [-0.15, -0.1) is 11.8 Å². The van der Waals surface area contributed by atoms with Gasteiger partial charge in [0.2, 0.25) is 0 Å². The summed E-state index contributed by atoms with van der Waals surface area (Å²) in [5, 5.41) is 0.133. The quantitative estimate of drug-likeness (QED) is 0.782. The lowest BCUT2D eigenvalue weighted by molar-refractivity contribution is 0.102. The van der Waals surface area contributed by atoms with Gasteiger partial charge in [0.25, 0.3) is 0 Å². The van der Waals surface area contributed by atoms with Crippen molar-refractivity contribution in [1.29, 1.82) is 0 Å².